The Kier molecular flexibility index (Phi) is 29.1. The minimum atomic E-state index is -0.602. The Morgan fingerprint density at radius 3 is 1.08 bits per heavy atom. The van der Waals surface area contributed by atoms with E-state index in [0.717, 1.165) is 10.5 Å². The normalized spacial score (nSPS) is 10.9. The van der Waals surface area contributed by atoms with E-state index in [1.54, 1.807) is 259 Å². The van der Waals surface area contributed by atoms with Crippen LogP contribution < -0.4 is 52.9 Å². The third kappa shape index (κ3) is 23.9. The van der Waals surface area contributed by atoms with Crippen LogP contribution in [0.1, 0.15) is 119 Å². The number of hydrogen-bond acceptors (Lipinski definition) is 21. The molecule has 8 amide bonds. The number of nitrogens with zero attached hydrogens (tertiary/aromatic N) is 14. The summed E-state index contributed by atoms with van der Waals surface area (Å²) in [6.07, 6.45) is 28.3. The number of imidazole rings is 1. The van der Waals surface area contributed by atoms with E-state index in [4.69, 9.17) is 19.6 Å². The second-order valence-corrected chi connectivity index (χ2v) is 26.3. The fourth-order valence-corrected chi connectivity index (χ4v) is 11.6. The summed E-state index contributed by atoms with van der Waals surface area (Å²) in [4.78, 5) is 158. The van der Waals surface area contributed by atoms with Crippen LogP contribution in [0.4, 0.5) is 51.2 Å². The number of carbonyl (C=O) groups excluding carboxylic acids is 12. The quantitative estimate of drug-likeness (QED) is 0.00842. The van der Waals surface area contributed by atoms with Crippen molar-refractivity contribution in [2.75, 3.05) is 61.2 Å². The molecule has 119 heavy (non-hydrogen) atoms. The molecule has 0 saturated heterocycles. The van der Waals surface area contributed by atoms with Crippen molar-refractivity contribution >= 4 is 152 Å². The van der Waals surface area contributed by atoms with Gasteiger partial charge in [-0.25, -0.2) is 30.1 Å². The Morgan fingerprint density at radius 1 is 0.403 bits per heavy atom. The first-order chi connectivity index (χ1) is 56.6. The van der Waals surface area contributed by atoms with Gasteiger partial charge in [-0.15, -0.1) is 10.1 Å². The van der Waals surface area contributed by atoms with Gasteiger partial charge < -0.3 is 97.9 Å². The number of fused-ring (bicyclic) bond motifs is 1. The summed E-state index contributed by atoms with van der Waals surface area (Å²) < 4.78 is 25.9. The molecule has 620 valence electrons. The second-order valence-electron chi connectivity index (χ2n) is 26.3. The van der Waals surface area contributed by atoms with E-state index in [-0.39, 0.29) is 58.9 Å². The van der Waals surface area contributed by atoms with Crippen LogP contribution in [0, 0.1) is 0 Å². The zero-order valence-corrected chi connectivity index (χ0v) is 67.1. The van der Waals surface area contributed by atoms with Crippen molar-refractivity contribution in [2.24, 2.45) is 63.4 Å². The van der Waals surface area contributed by atoms with Gasteiger partial charge in [0, 0.05) is 188 Å². The minimum absolute atomic E-state index is 0.215. The average molecular weight is 1630 g/mol. The first-order valence-corrected chi connectivity index (χ1v) is 36.0. The maximum Gasteiger partial charge on any atom is 0.382 e. The van der Waals surface area contributed by atoms with E-state index in [1.165, 1.54) is 68.2 Å². The number of aryl methyl sites for hydroxylation is 9. The molecule has 0 spiro atoms. The topological polar surface area (TPSA) is 463 Å². The van der Waals surface area contributed by atoms with Gasteiger partial charge in [-0.1, -0.05) is 17.0 Å². The van der Waals surface area contributed by atoms with E-state index in [9.17, 15) is 57.5 Å². The van der Waals surface area contributed by atoms with Crippen molar-refractivity contribution in [3.8, 4) is 0 Å². The highest BCUT2D eigenvalue weighted by Gasteiger charge is 2.23. The molecular formula is C79H87N23O17. The van der Waals surface area contributed by atoms with Crippen LogP contribution in [0.3, 0.4) is 0 Å². The molecule has 0 radical (unpaired) electrons. The lowest BCUT2D eigenvalue weighted by Crippen LogP contribution is -2.22. The van der Waals surface area contributed by atoms with Crippen molar-refractivity contribution in [2.45, 2.75) is 34.6 Å². The van der Waals surface area contributed by atoms with E-state index < -0.39 is 17.9 Å². The van der Waals surface area contributed by atoms with Crippen LogP contribution in [-0.2, 0) is 102 Å². The number of nitrogens with one attached hydrogen (secondary N) is 9. The molecule has 0 atom stereocenters. The highest BCUT2D eigenvalue weighted by molar-refractivity contribution is 6.10. The summed E-state index contributed by atoms with van der Waals surface area (Å²) in [5.74, 6) is -4.25. The number of carbonyl (C=O) groups is 12. The molecule has 0 aliphatic rings. The Labute approximate surface area is 678 Å². The molecule has 1 aromatic carbocycles. The van der Waals surface area contributed by atoms with Gasteiger partial charge in [0.25, 0.3) is 35.4 Å². The van der Waals surface area contributed by atoms with Crippen molar-refractivity contribution in [1.82, 2.24) is 65.8 Å². The molecule has 10 N–H and O–H groups in total. The Morgan fingerprint density at radius 2 is 0.723 bits per heavy atom. The fourth-order valence-electron chi connectivity index (χ4n) is 11.6. The van der Waals surface area contributed by atoms with Crippen LogP contribution in [0.5, 0.6) is 0 Å². The number of allylic oxidation sites excluding steroid dienone is 1. The van der Waals surface area contributed by atoms with Gasteiger partial charge in [0.1, 0.15) is 51.5 Å². The number of anilines is 9. The van der Waals surface area contributed by atoms with Gasteiger partial charge in [-0.05, 0) is 104 Å². The summed E-state index contributed by atoms with van der Waals surface area (Å²) in [6.45, 7) is 8.24. The SMILES string of the molecule is CC(=O)Nc1cc(C(=O)Nc2cc(C(=O)Nc3cc(/C=C/C(=O)n4ccnc4)n(C)c3)n(C)c2)n(C)c1.CC(=O)Nc1cc(C(=O)On2nnc3ccccc32)n(C)c1.CCOC(=O)/C=C/c1cc(NC(=O)c2cc(NC(=O)c3cc(NC(C)=O)cn3C)cn2C)cn1C.CCOC(=O)/C=C/c1cc(NC(=O)c2cc(NOO)cn2C)cn1C. The molecule has 0 saturated carbocycles. The third-order valence-electron chi connectivity index (χ3n) is 16.9. The summed E-state index contributed by atoms with van der Waals surface area (Å²) in [5.41, 5.74) is 12.1. The van der Waals surface area contributed by atoms with Crippen LogP contribution in [0.25, 0.3) is 29.3 Å². The summed E-state index contributed by atoms with van der Waals surface area (Å²) in [7, 11) is 15.5. The Balaban J connectivity index is 0.000000184. The highest BCUT2D eigenvalue weighted by Crippen LogP contribution is 2.25. The number of aromatic nitrogens is 14. The number of benzene rings is 1. The molecule has 40 nitrogen and oxygen atoms in total. The average Bonchev–Trinajstić information content (AvgIpc) is 1.68. The lowest BCUT2D eigenvalue weighted by Gasteiger charge is -2.03. The third-order valence-corrected chi connectivity index (χ3v) is 16.9. The molecule has 0 fully saturated rings. The highest BCUT2D eigenvalue weighted by atomic mass is 17.2. The van der Waals surface area contributed by atoms with Crippen LogP contribution in [0.15, 0.2) is 172 Å². The number of amides is 8. The van der Waals surface area contributed by atoms with Gasteiger partial charge in [0.05, 0.1) is 64.4 Å². The first kappa shape index (κ1) is 87.1. The zero-order chi connectivity index (χ0) is 86.5. The zero-order valence-electron chi connectivity index (χ0n) is 67.1. The summed E-state index contributed by atoms with van der Waals surface area (Å²) in [6, 6.07) is 21.6. The van der Waals surface area contributed by atoms with Crippen molar-refractivity contribution in [1.29, 1.82) is 0 Å². The summed E-state index contributed by atoms with van der Waals surface area (Å²) >= 11 is 0. The van der Waals surface area contributed by atoms with E-state index in [2.05, 4.69) is 68.3 Å². The molecule has 0 aliphatic heterocycles. The Hall–Kier alpha value is -15.9. The van der Waals surface area contributed by atoms with Gasteiger partial charge in [0.2, 0.25) is 17.7 Å². The van der Waals surface area contributed by atoms with Crippen molar-refractivity contribution < 1.29 is 82.1 Å². The second kappa shape index (κ2) is 39.7. The van der Waals surface area contributed by atoms with Gasteiger partial charge in [0.15, 0.2) is 0 Å². The maximum atomic E-state index is 12.9. The molecule has 12 rings (SSSR count). The van der Waals surface area contributed by atoms with Gasteiger partial charge in [-0.3, -0.25) is 47.7 Å². The van der Waals surface area contributed by atoms with E-state index >= 15 is 0 Å². The standard InChI is InChI=1S/C25H26N8O4.C24H28N6O5.C16H20N4O5.C14H13N5O3/c1-16(34)27-18-10-21(31(3)13-18)25(37)29-19-11-22(32(4)14-19)24(36)28-17-9-20(30(2)12-17)5-6-23(35)33-8-7-26-15-33;1-6-35-22(32)8-7-19-9-16(12-28(19)3)26-23(33)21-11-18(14-30(21)5)27-24(34)20-10-17(13-29(20)4)25-15(2)31;1-4-24-15(21)6-5-13-7-11(9-19(13)2)17-16(22)14-8-12(18-25-23)10-20(14)3;1-9(20)15-10-7-13(18(2)8-10)14(21)22-19-12-6-4-3-5-11(12)16-17-19/h5-15H,1-4H3,(H,27,34)(H,28,36)(H,29,37);7-14H,6H2,1-5H3,(H,25,31)(H,26,33)(H,27,34);5-10,18,23H,4H2,1-3H3,(H,17,22);3-8H,1-2H3,(H,15,20)/b6-5+;8-7+;6-5+;. The van der Waals surface area contributed by atoms with Crippen molar-refractivity contribution in [3.05, 3.63) is 223 Å². The van der Waals surface area contributed by atoms with Gasteiger partial charge >= 0.3 is 17.9 Å². The number of hydrogen-bond donors (Lipinski definition) is 10. The van der Waals surface area contributed by atoms with Crippen LogP contribution in [-0.4, -0.2) is 155 Å². The number of para-hydroxylation sites is 1. The number of ether oxygens (including phenoxy) is 2. The Bertz CT molecular complexity index is 5870. The molecule has 40 heteroatoms. The molecular weight excluding hydrogens is 1540 g/mol. The predicted molar refractivity (Wildman–Crippen MR) is 440 cm³/mol. The van der Waals surface area contributed by atoms with Crippen LogP contribution >= 0.6 is 0 Å². The van der Waals surface area contributed by atoms with E-state index in [1.807, 2.05) is 6.07 Å². The monoisotopic (exact) mass is 1630 g/mol. The fraction of sp³-hybridized carbons (Fsp3) is 0.203. The molecule has 0 unspecified atom stereocenters. The van der Waals surface area contributed by atoms with Gasteiger partial charge in [-0.2, -0.15) is 0 Å². The number of rotatable bonds is 25. The lowest BCUT2D eigenvalue weighted by molar-refractivity contribution is -0.215. The molecule has 11 aromatic heterocycles. The lowest BCUT2D eigenvalue weighted by atomic mass is 10.3. The molecule has 11 heterocycles. The van der Waals surface area contributed by atoms with E-state index in [0.29, 0.717) is 115 Å². The summed E-state index contributed by atoms with van der Waals surface area (Å²) in [5, 5.41) is 37.9. The predicted octanol–water partition coefficient (Wildman–Crippen LogP) is 8.46. The number of esters is 2. The molecule has 12 aromatic rings. The minimum Gasteiger partial charge on any atom is -0.463 e. The smallest absolute Gasteiger partial charge is 0.382 e. The molecule has 0 aliphatic carbocycles. The largest absolute Gasteiger partial charge is 0.463 e. The first-order valence-electron chi connectivity index (χ1n) is 36.0. The van der Waals surface area contributed by atoms with Crippen molar-refractivity contribution in [3.63, 3.8) is 0 Å². The molecule has 0 bridgehead atoms. The van der Waals surface area contributed by atoms with Crippen LogP contribution in [0.2, 0.25) is 0 Å². The maximum absolute atomic E-state index is 12.9.